The minimum absolute atomic E-state index is 0.0444. The molecule has 0 atom stereocenters. The van der Waals surface area contributed by atoms with E-state index in [0.29, 0.717) is 28.4 Å². The van der Waals surface area contributed by atoms with Gasteiger partial charge in [-0.2, -0.15) is 5.10 Å². The summed E-state index contributed by atoms with van der Waals surface area (Å²) in [5, 5.41) is 14.7. The number of aryl methyl sites for hydroxylation is 1. The lowest BCUT2D eigenvalue weighted by molar-refractivity contribution is 0.0784. The van der Waals surface area contributed by atoms with Crippen LogP contribution in [0.15, 0.2) is 54.6 Å². The van der Waals surface area contributed by atoms with Crippen molar-refractivity contribution in [1.29, 1.82) is 0 Å². The molecule has 0 bridgehead atoms. The molecule has 0 fully saturated rings. The predicted molar refractivity (Wildman–Crippen MR) is 119 cm³/mol. The van der Waals surface area contributed by atoms with Crippen LogP contribution in [0.25, 0.3) is 16.9 Å². The van der Waals surface area contributed by atoms with Gasteiger partial charge in [-0.15, -0.1) is 0 Å². The number of Topliss-reactive ketones (excluding diaryl/α,β-unsaturated/α-hetero) is 1. The van der Waals surface area contributed by atoms with Crippen molar-refractivity contribution in [2.75, 3.05) is 6.79 Å². The molecule has 0 saturated carbocycles. The van der Waals surface area contributed by atoms with Crippen molar-refractivity contribution in [3.05, 3.63) is 77.1 Å². The Balaban J connectivity index is 1.50. The molecule has 4 aromatic rings. The highest BCUT2D eigenvalue weighted by molar-refractivity contribution is 5.97. The largest absolute Gasteiger partial charge is 0.454 e. The summed E-state index contributed by atoms with van der Waals surface area (Å²) >= 11 is 0. The van der Waals surface area contributed by atoms with Crippen LogP contribution >= 0.6 is 0 Å². The van der Waals surface area contributed by atoms with E-state index in [1.807, 2.05) is 37.3 Å². The molecule has 3 heterocycles. The van der Waals surface area contributed by atoms with Gasteiger partial charge < -0.3 is 14.6 Å². The van der Waals surface area contributed by atoms with E-state index < -0.39 is 5.60 Å². The topological polar surface area (TPSA) is 86.0 Å². The predicted octanol–water partition coefficient (Wildman–Crippen LogP) is 4.09. The zero-order chi connectivity index (χ0) is 22.5. The lowest BCUT2D eigenvalue weighted by atomic mass is 9.96. The lowest BCUT2D eigenvalue weighted by Crippen LogP contribution is -2.15. The first-order valence-corrected chi connectivity index (χ1v) is 10.4. The Kier molecular flexibility index (Phi) is 4.71. The van der Waals surface area contributed by atoms with Crippen molar-refractivity contribution < 1.29 is 19.4 Å². The summed E-state index contributed by atoms with van der Waals surface area (Å²) in [6, 6.07) is 16.6. The molecular weight excluding hydrogens is 406 g/mol. The van der Waals surface area contributed by atoms with Crippen LogP contribution in [0.3, 0.4) is 0 Å². The zero-order valence-corrected chi connectivity index (χ0v) is 18.1. The molecule has 1 N–H and O–H groups in total. The van der Waals surface area contributed by atoms with E-state index >= 15 is 0 Å². The number of aromatic nitrogens is 3. The number of hydrogen-bond acceptors (Lipinski definition) is 6. The maximum absolute atomic E-state index is 13.0. The third-order valence-corrected chi connectivity index (χ3v) is 5.53. The summed E-state index contributed by atoms with van der Waals surface area (Å²) in [7, 11) is 0. The van der Waals surface area contributed by atoms with Crippen LogP contribution in [0.2, 0.25) is 0 Å². The van der Waals surface area contributed by atoms with E-state index in [1.54, 1.807) is 42.6 Å². The highest BCUT2D eigenvalue weighted by Crippen LogP contribution is 2.36. The maximum Gasteiger partial charge on any atom is 0.231 e. The number of rotatable bonds is 5. The van der Waals surface area contributed by atoms with Gasteiger partial charge in [0.25, 0.3) is 0 Å². The molecule has 162 valence electrons. The van der Waals surface area contributed by atoms with E-state index in [1.165, 1.54) is 0 Å². The van der Waals surface area contributed by atoms with Gasteiger partial charge in [0, 0.05) is 17.2 Å². The van der Waals surface area contributed by atoms with Crippen LogP contribution in [-0.4, -0.2) is 32.3 Å². The number of fused-ring (bicyclic) bond motifs is 2. The van der Waals surface area contributed by atoms with E-state index in [4.69, 9.17) is 9.47 Å². The fourth-order valence-electron chi connectivity index (χ4n) is 3.82. The molecule has 2 aromatic carbocycles. The number of ketones is 1. The fraction of sp³-hybridized carbons (Fsp3) is 0.240. The molecule has 0 aliphatic carbocycles. The number of nitrogens with zero attached hydrogens (tertiary/aromatic N) is 3. The van der Waals surface area contributed by atoms with Gasteiger partial charge in [-0.3, -0.25) is 4.79 Å². The average Bonchev–Trinajstić information content (AvgIpc) is 3.37. The highest BCUT2D eigenvalue weighted by Gasteiger charge is 2.19. The number of hydrogen-bond donors (Lipinski definition) is 1. The van der Waals surface area contributed by atoms with Crippen LogP contribution in [0.5, 0.6) is 11.5 Å². The molecule has 5 rings (SSSR count). The first kappa shape index (κ1) is 20.2. The third-order valence-electron chi connectivity index (χ3n) is 5.53. The summed E-state index contributed by atoms with van der Waals surface area (Å²) in [5.74, 6) is 1.35. The molecule has 0 unspecified atom stereocenters. The van der Waals surface area contributed by atoms with Crippen molar-refractivity contribution >= 4 is 11.4 Å². The van der Waals surface area contributed by atoms with Gasteiger partial charge in [-0.25, -0.2) is 9.50 Å². The van der Waals surface area contributed by atoms with E-state index in [0.717, 1.165) is 22.5 Å². The number of aliphatic hydroxyl groups is 1. The second-order valence-electron chi connectivity index (χ2n) is 8.49. The molecule has 0 saturated heterocycles. The third kappa shape index (κ3) is 3.71. The van der Waals surface area contributed by atoms with Gasteiger partial charge in [0.2, 0.25) is 6.79 Å². The van der Waals surface area contributed by atoms with Crippen molar-refractivity contribution in [1.82, 2.24) is 14.6 Å². The maximum atomic E-state index is 13.0. The summed E-state index contributed by atoms with van der Waals surface area (Å²) in [4.78, 5) is 17.6. The first-order valence-electron chi connectivity index (χ1n) is 10.4. The zero-order valence-electron chi connectivity index (χ0n) is 18.1. The van der Waals surface area contributed by atoms with Crippen molar-refractivity contribution in [3.8, 4) is 22.8 Å². The summed E-state index contributed by atoms with van der Waals surface area (Å²) < 4.78 is 12.7. The van der Waals surface area contributed by atoms with Crippen LogP contribution in [0, 0.1) is 6.92 Å². The number of benzene rings is 2. The fourth-order valence-corrected chi connectivity index (χ4v) is 3.82. The van der Waals surface area contributed by atoms with Crippen LogP contribution in [0.1, 0.15) is 41.2 Å². The molecule has 0 spiro atoms. The van der Waals surface area contributed by atoms with Crippen molar-refractivity contribution in [2.45, 2.75) is 32.8 Å². The highest BCUT2D eigenvalue weighted by atomic mass is 16.7. The molecular formula is C25H23N3O4. The van der Waals surface area contributed by atoms with Gasteiger partial charge in [0.15, 0.2) is 22.9 Å². The van der Waals surface area contributed by atoms with Gasteiger partial charge in [-0.05, 0) is 50.6 Å². The minimum atomic E-state index is -0.951. The van der Waals surface area contributed by atoms with Crippen LogP contribution in [0.4, 0.5) is 0 Å². The Morgan fingerprint density at radius 2 is 1.81 bits per heavy atom. The summed E-state index contributed by atoms with van der Waals surface area (Å²) in [6.07, 6.45) is 0.153. The molecule has 7 nitrogen and oxygen atoms in total. The molecule has 32 heavy (non-hydrogen) atoms. The Hall–Kier alpha value is -3.71. The summed E-state index contributed by atoms with van der Waals surface area (Å²) in [5.41, 5.74) is 4.27. The van der Waals surface area contributed by atoms with E-state index in [9.17, 15) is 9.90 Å². The lowest BCUT2D eigenvalue weighted by Gasteiger charge is -2.17. The molecule has 1 aliphatic heterocycles. The SMILES string of the molecule is Cc1cc2nc(CC(=O)c3ccc(C(C)(C)O)cc3)cc(-c3ccc4c(c3)OCO4)n2n1. The smallest absolute Gasteiger partial charge is 0.231 e. The van der Waals surface area contributed by atoms with Gasteiger partial charge in [-0.1, -0.05) is 24.3 Å². The number of carbonyl (C=O) groups excluding carboxylic acids is 1. The second-order valence-corrected chi connectivity index (χ2v) is 8.49. The molecule has 7 heteroatoms. The molecule has 1 aliphatic rings. The molecule has 0 radical (unpaired) electrons. The van der Waals surface area contributed by atoms with Gasteiger partial charge >= 0.3 is 0 Å². The quantitative estimate of drug-likeness (QED) is 0.481. The minimum Gasteiger partial charge on any atom is -0.454 e. The molecule has 0 amide bonds. The first-order chi connectivity index (χ1) is 15.3. The van der Waals surface area contributed by atoms with Crippen LogP contribution in [-0.2, 0) is 12.0 Å². The average molecular weight is 429 g/mol. The number of ether oxygens (including phenoxy) is 2. The Bertz CT molecular complexity index is 1330. The normalized spacial score (nSPS) is 13.0. The Labute approximate surface area is 185 Å². The standard InChI is InChI=1S/C25H23N3O4/c1-15-10-24-26-19(13-21(29)16-4-7-18(8-5-16)25(2,3)30)12-20(28(24)27-15)17-6-9-22-23(11-17)32-14-31-22/h4-12,30H,13-14H2,1-3H3. The van der Waals surface area contributed by atoms with Gasteiger partial charge in [0.05, 0.1) is 29.1 Å². The monoisotopic (exact) mass is 429 g/mol. The summed E-state index contributed by atoms with van der Waals surface area (Å²) in [6.45, 7) is 5.55. The van der Waals surface area contributed by atoms with Crippen molar-refractivity contribution in [2.24, 2.45) is 0 Å². The van der Waals surface area contributed by atoms with E-state index in [2.05, 4.69) is 10.1 Å². The molecule has 2 aromatic heterocycles. The number of carbonyl (C=O) groups is 1. The van der Waals surface area contributed by atoms with Crippen LogP contribution < -0.4 is 9.47 Å². The second kappa shape index (κ2) is 7.46. The Morgan fingerprint density at radius 1 is 1.06 bits per heavy atom. The van der Waals surface area contributed by atoms with Gasteiger partial charge in [0.1, 0.15) is 0 Å². The van der Waals surface area contributed by atoms with E-state index in [-0.39, 0.29) is 19.0 Å². The Morgan fingerprint density at radius 3 is 2.56 bits per heavy atom. The van der Waals surface area contributed by atoms with Crippen molar-refractivity contribution in [3.63, 3.8) is 0 Å².